The van der Waals surface area contributed by atoms with Crippen LogP contribution in [0, 0.1) is 0 Å². The van der Waals surface area contributed by atoms with Gasteiger partial charge in [0.05, 0.1) is 10.9 Å². The number of carbonyl (C=O) groups excluding carboxylic acids is 1. The Bertz CT molecular complexity index is 860. The van der Waals surface area contributed by atoms with Crippen LogP contribution in [0.3, 0.4) is 0 Å². The van der Waals surface area contributed by atoms with Crippen molar-refractivity contribution in [1.29, 1.82) is 0 Å². The highest BCUT2D eigenvalue weighted by molar-refractivity contribution is 6.33. The number of carbonyl (C=O) groups is 1. The van der Waals surface area contributed by atoms with Crippen LogP contribution >= 0.6 is 11.6 Å². The molecule has 0 amide bonds. The Kier molecular flexibility index (Phi) is 4.62. The van der Waals surface area contributed by atoms with Gasteiger partial charge in [-0.25, -0.2) is 0 Å². The van der Waals surface area contributed by atoms with E-state index in [1.165, 1.54) is 4.68 Å². The van der Waals surface area contributed by atoms with Gasteiger partial charge in [-0.15, -0.1) is 5.10 Å². The molecule has 0 unspecified atom stereocenters. The summed E-state index contributed by atoms with van der Waals surface area (Å²) in [4.78, 5) is 17.1. The van der Waals surface area contributed by atoms with Crippen molar-refractivity contribution in [3.05, 3.63) is 65.2 Å². The average molecular weight is 341 g/mol. The van der Waals surface area contributed by atoms with Gasteiger partial charge in [-0.3, -0.25) is 4.79 Å². The van der Waals surface area contributed by atoms with Crippen LogP contribution in [0.25, 0.3) is 11.4 Å². The van der Waals surface area contributed by atoms with Crippen LogP contribution in [-0.2, 0) is 0 Å². The first-order chi connectivity index (χ1) is 11.6. The topological polar surface area (TPSA) is 73.8 Å². The van der Waals surface area contributed by atoms with Crippen LogP contribution in [0.4, 0.5) is 5.95 Å². The molecule has 0 aliphatic heterocycles. The number of halogens is 1. The maximum Gasteiger partial charge on any atom is 0.257 e. The monoisotopic (exact) mass is 340 g/mol. The van der Waals surface area contributed by atoms with Crippen molar-refractivity contribution in [2.75, 3.05) is 5.73 Å². The molecular weight excluding hydrogens is 324 g/mol. The number of nitrogens with zero attached hydrogens (tertiary/aromatic N) is 3. The summed E-state index contributed by atoms with van der Waals surface area (Å²) in [5, 5.41) is 4.79. The van der Waals surface area contributed by atoms with E-state index < -0.39 is 0 Å². The Labute approximate surface area is 145 Å². The number of rotatable bonds is 4. The van der Waals surface area contributed by atoms with E-state index in [1.54, 1.807) is 12.1 Å². The molecular formula is C18H17ClN4O. The average Bonchev–Trinajstić information content (AvgIpc) is 2.98. The van der Waals surface area contributed by atoms with E-state index in [4.69, 9.17) is 17.3 Å². The van der Waals surface area contributed by atoms with E-state index in [2.05, 4.69) is 10.1 Å². The van der Waals surface area contributed by atoms with Crippen molar-refractivity contribution < 1.29 is 4.79 Å². The molecule has 1 aromatic heterocycles. The van der Waals surface area contributed by atoms with Gasteiger partial charge in [0.15, 0.2) is 5.82 Å². The first-order valence-electron chi connectivity index (χ1n) is 7.68. The molecule has 0 aliphatic carbocycles. The lowest BCUT2D eigenvalue weighted by molar-refractivity contribution is 0.0862. The summed E-state index contributed by atoms with van der Waals surface area (Å²) in [6.45, 7) is 1.96. The molecule has 1 atom stereocenters. The summed E-state index contributed by atoms with van der Waals surface area (Å²) >= 11 is 6.17. The summed E-state index contributed by atoms with van der Waals surface area (Å²) < 4.78 is 1.17. The van der Waals surface area contributed by atoms with Crippen molar-refractivity contribution in [2.45, 2.75) is 19.3 Å². The van der Waals surface area contributed by atoms with Crippen LogP contribution in [0.5, 0.6) is 0 Å². The highest BCUT2D eigenvalue weighted by Crippen LogP contribution is 2.27. The van der Waals surface area contributed by atoms with E-state index in [1.807, 2.05) is 49.4 Å². The number of nitrogens with two attached hydrogens (primary N) is 1. The second-order valence-electron chi connectivity index (χ2n) is 5.40. The van der Waals surface area contributed by atoms with Gasteiger partial charge in [0.1, 0.15) is 0 Å². The van der Waals surface area contributed by atoms with Gasteiger partial charge in [-0.05, 0) is 24.1 Å². The zero-order chi connectivity index (χ0) is 17.1. The Morgan fingerprint density at radius 3 is 2.50 bits per heavy atom. The standard InChI is InChI=1S/C18H17ClN4O/c1-2-13(12-8-4-3-5-9-12)17(24)23-18(20)21-16(22-23)14-10-6-7-11-15(14)19/h3-11,13H,2H2,1H3,(H2,20,21,22)/t13-/m0/s1. The number of benzene rings is 2. The van der Waals surface area contributed by atoms with Gasteiger partial charge < -0.3 is 5.73 Å². The van der Waals surface area contributed by atoms with Crippen molar-refractivity contribution in [3.8, 4) is 11.4 Å². The molecule has 0 saturated carbocycles. The molecule has 0 saturated heterocycles. The van der Waals surface area contributed by atoms with E-state index in [0.29, 0.717) is 22.8 Å². The molecule has 2 aromatic carbocycles. The van der Waals surface area contributed by atoms with Gasteiger partial charge in [0.2, 0.25) is 5.95 Å². The lowest BCUT2D eigenvalue weighted by atomic mass is 9.96. The highest BCUT2D eigenvalue weighted by Gasteiger charge is 2.24. The Balaban J connectivity index is 1.98. The number of hydrogen-bond donors (Lipinski definition) is 1. The molecule has 0 fully saturated rings. The van der Waals surface area contributed by atoms with E-state index in [-0.39, 0.29) is 17.8 Å². The maximum atomic E-state index is 12.9. The van der Waals surface area contributed by atoms with Gasteiger partial charge >= 0.3 is 0 Å². The molecule has 122 valence electrons. The summed E-state index contributed by atoms with van der Waals surface area (Å²) in [7, 11) is 0. The molecule has 0 radical (unpaired) electrons. The fraction of sp³-hybridized carbons (Fsp3) is 0.167. The fourth-order valence-electron chi connectivity index (χ4n) is 2.63. The summed E-state index contributed by atoms with van der Waals surface area (Å²) in [5.74, 6) is -0.125. The molecule has 5 nitrogen and oxygen atoms in total. The van der Waals surface area contributed by atoms with Gasteiger partial charge in [-0.2, -0.15) is 9.67 Å². The van der Waals surface area contributed by atoms with Gasteiger partial charge in [-0.1, -0.05) is 61.0 Å². The fourth-order valence-corrected chi connectivity index (χ4v) is 2.85. The lowest BCUT2D eigenvalue weighted by Crippen LogP contribution is -2.22. The van der Waals surface area contributed by atoms with E-state index in [0.717, 1.165) is 5.56 Å². The number of hydrogen-bond acceptors (Lipinski definition) is 4. The molecule has 2 N–H and O–H groups in total. The predicted molar refractivity (Wildman–Crippen MR) is 95.0 cm³/mol. The third-order valence-corrected chi connectivity index (χ3v) is 4.19. The number of anilines is 1. The normalized spacial score (nSPS) is 12.1. The molecule has 24 heavy (non-hydrogen) atoms. The molecule has 1 heterocycles. The molecule has 0 aliphatic rings. The molecule has 3 rings (SSSR count). The second-order valence-corrected chi connectivity index (χ2v) is 5.80. The molecule has 0 spiro atoms. The van der Waals surface area contributed by atoms with Crippen LogP contribution in [0.15, 0.2) is 54.6 Å². The lowest BCUT2D eigenvalue weighted by Gasteiger charge is -2.13. The minimum atomic E-state index is -0.325. The number of aromatic nitrogens is 3. The first kappa shape index (κ1) is 16.2. The van der Waals surface area contributed by atoms with Crippen molar-refractivity contribution in [3.63, 3.8) is 0 Å². The highest BCUT2D eigenvalue weighted by atomic mass is 35.5. The van der Waals surface area contributed by atoms with Crippen LogP contribution in [-0.4, -0.2) is 20.7 Å². The van der Waals surface area contributed by atoms with Crippen LogP contribution in [0.2, 0.25) is 5.02 Å². The van der Waals surface area contributed by atoms with E-state index >= 15 is 0 Å². The third kappa shape index (κ3) is 3.03. The van der Waals surface area contributed by atoms with Crippen molar-refractivity contribution in [2.24, 2.45) is 0 Å². The minimum absolute atomic E-state index is 0.0595. The zero-order valence-electron chi connectivity index (χ0n) is 13.2. The summed E-state index contributed by atoms with van der Waals surface area (Å²) in [6, 6.07) is 16.8. The van der Waals surface area contributed by atoms with Crippen molar-refractivity contribution in [1.82, 2.24) is 14.8 Å². The molecule has 0 bridgehead atoms. The first-order valence-corrected chi connectivity index (χ1v) is 8.06. The maximum absolute atomic E-state index is 12.9. The third-order valence-electron chi connectivity index (χ3n) is 3.86. The summed E-state index contributed by atoms with van der Waals surface area (Å²) in [6.07, 6.45) is 0.642. The quantitative estimate of drug-likeness (QED) is 0.778. The minimum Gasteiger partial charge on any atom is -0.368 e. The SMILES string of the molecule is CC[C@H](C(=O)n1nc(-c2ccccc2Cl)nc1N)c1ccccc1. The van der Waals surface area contributed by atoms with Crippen LogP contribution < -0.4 is 5.73 Å². The van der Waals surface area contributed by atoms with Gasteiger partial charge in [0, 0.05) is 5.56 Å². The largest absolute Gasteiger partial charge is 0.368 e. The Morgan fingerprint density at radius 2 is 1.83 bits per heavy atom. The molecule has 6 heteroatoms. The Morgan fingerprint density at radius 1 is 1.17 bits per heavy atom. The molecule has 3 aromatic rings. The number of nitrogen functional groups attached to an aromatic ring is 1. The van der Waals surface area contributed by atoms with Crippen LogP contribution in [0.1, 0.15) is 29.6 Å². The Hall–Kier alpha value is -2.66. The summed E-state index contributed by atoms with van der Waals surface area (Å²) in [5.41, 5.74) is 7.50. The second kappa shape index (κ2) is 6.84. The van der Waals surface area contributed by atoms with Crippen molar-refractivity contribution >= 4 is 23.5 Å². The van der Waals surface area contributed by atoms with Gasteiger partial charge in [0.25, 0.3) is 5.91 Å². The van der Waals surface area contributed by atoms with E-state index in [9.17, 15) is 4.79 Å². The smallest absolute Gasteiger partial charge is 0.257 e. The predicted octanol–water partition coefficient (Wildman–Crippen LogP) is 4.01. The zero-order valence-corrected chi connectivity index (χ0v) is 13.9.